The van der Waals surface area contributed by atoms with E-state index in [4.69, 9.17) is 0 Å². The lowest BCUT2D eigenvalue weighted by Crippen LogP contribution is -2.37. The van der Waals surface area contributed by atoms with Gasteiger partial charge in [-0.05, 0) is 54.8 Å². The van der Waals surface area contributed by atoms with Gasteiger partial charge in [0.15, 0.2) is 0 Å². The van der Waals surface area contributed by atoms with Gasteiger partial charge in [-0.25, -0.2) is 4.79 Å². The van der Waals surface area contributed by atoms with E-state index < -0.39 is 17.3 Å². The Morgan fingerprint density at radius 3 is 2.27 bits per heavy atom. The summed E-state index contributed by atoms with van der Waals surface area (Å²) in [4.78, 5) is 26.9. The topological polar surface area (TPSA) is 101 Å². The predicted molar refractivity (Wildman–Crippen MR) is 144 cm³/mol. The fourth-order valence-corrected chi connectivity index (χ4v) is 5.41. The molecule has 186 valence electrons. The number of rotatable bonds is 2. The van der Waals surface area contributed by atoms with Crippen LogP contribution in [0.3, 0.4) is 0 Å². The minimum Gasteiger partial charge on any atom is -0.508 e. The number of aryl methyl sites for hydroxylation is 3. The summed E-state index contributed by atoms with van der Waals surface area (Å²) in [6, 6.07) is 17.6. The van der Waals surface area contributed by atoms with Gasteiger partial charge < -0.3 is 20.1 Å². The average Bonchev–Trinajstić information content (AvgIpc) is 3.24. The highest BCUT2D eigenvalue weighted by atomic mass is 16.3. The third-order valence-electron chi connectivity index (χ3n) is 7.41. The smallest absolute Gasteiger partial charge is 0.331 e. The standard InChI is InChI=1S/C29H26N4O4/c1-15-12-20-21(13-16(15)2)33-25(17-8-6-5-7-9-17)23-26(31(3)29(37)32(4)28(23)36)27(33)24(30-20)19-11-10-18(34)14-22(19)35/h5-14,24,30,34-35H,1-4H3/t24-/m0/s1. The highest BCUT2D eigenvalue weighted by Gasteiger charge is 2.36. The second kappa shape index (κ2) is 7.89. The Balaban J connectivity index is 1.88. The largest absolute Gasteiger partial charge is 0.508 e. The first-order valence-corrected chi connectivity index (χ1v) is 12.0. The van der Waals surface area contributed by atoms with Crippen LogP contribution in [-0.2, 0) is 14.1 Å². The molecule has 8 nitrogen and oxygen atoms in total. The van der Waals surface area contributed by atoms with Gasteiger partial charge >= 0.3 is 5.69 Å². The van der Waals surface area contributed by atoms with Crippen LogP contribution < -0.4 is 16.6 Å². The number of hydrogen-bond donors (Lipinski definition) is 3. The normalized spacial score (nSPS) is 14.3. The van der Waals surface area contributed by atoms with Crippen LogP contribution in [0.25, 0.3) is 27.8 Å². The van der Waals surface area contributed by atoms with E-state index in [-0.39, 0.29) is 11.5 Å². The van der Waals surface area contributed by atoms with Crippen molar-refractivity contribution in [2.75, 3.05) is 5.32 Å². The van der Waals surface area contributed by atoms with Crippen LogP contribution in [0, 0.1) is 13.8 Å². The van der Waals surface area contributed by atoms with Crippen LogP contribution >= 0.6 is 0 Å². The number of anilines is 1. The summed E-state index contributed by atoms with van der Waals surface area (Å²) in [5, 5.41) is 24.8. The molecule has 1 aliphatic heterocycles. The number of aromatic nitrogens is 3. The number of benzene rings is 3. The zero-order valence-corrected chi connectivity index (χ0v) is 20.9. The molecule has 3 aromatic carbocycles. The van der Waals surface area contributed by atoms with Crippen molar-refractivity contribution in [2.45, 2.75) is 19.9 Å². The molecular weight excluding hydrogens is 468 g/mol. The molecule has 1 aliphatic rings. The van der Waals surface area contributed by atoms with E-state index in [0.29, 0.717) is 27.9 Å². The molecule has 0 aliphatic carbocycles. The van der Waals surface area contributed by atoms with Crippen LogP contribution in [0.2, 0.25) is 0 Å². The summed E-state index contributed by atoms with van der Waals surface area (Å²) in [6.07, 6.45) is 0. The molecular formula is C29H26N4O4. The summed E-state index contributed by atoms with van der Waals surface area (Å²) in [7, 11) is 3.14. The SMILES string of the molecule is Cc1cc2c(cc1C)-n1c(-c3ccccc3)c3c(=O)n(C)c(=O)n(C)c3c1[C@H](c1ccc(O)cc1O)N2. The van der Waals surface area contributed by atoms with Crippen molar-refractivity contribution in [1.82, 2.24) is 13.7 Å². The Morgan fingerprint density at radius 2 is 1.57 bits per heavy atom. The third kappa shape index (κ3) is 3.15. The predicted octanol–water partition coefficient (Wildman–Crippen LogP) is 4.24. The third-order valence-corrected chi connectivity index (χ3v) is 7.41. The minimum absolute atomic E-state index is 0.0598. The molecule has 0 amide bonds. The Bertz CT molecular complexity index is 1860. The molecule has 8 heteroatoms. The maximum atomic E-state index is 13.7. The van der Waals surface area contributed by atoms with Gasteiger partial charge in [0.05, 0.1) is 39.7 Å². The molecule has 0 fully saturated rings. The molecule has 6 rings (SSSR count). The van der Waals surface area contributed by atoms with Crippen molar-refractivity contribution < 1.29 is 10.2 Å². The minimum atomic E-state index is -0.618. The number of fused-ring (bicyclic) bond motifs is 5. The summed E-state index contributed by atoms with van der Waals surface area (Å²) in [5.74, 6) is -0.156. The number of hydrogen-bond acceptors (Lipinski definition) is 5. The first-order chi connectivity index (χ1) is 17.7. The molecule has 5 aromatic rings. The average molecular weight is 495 g/mol. The van der Waals surface area contributed by atoms with Crippen LogP contribution in [-0.4, -0.2) is 23.9 Å². The van der Waals surface area contributed by atoms with Crippen LogP contribution in [0.1, 0.15) is 28.4 Å². The maximum Gasteiger partial charge on any atom is 0.331 e. The van der Waals surface area contributed by atoms with Crippen molar-refractivity contribution in [3.8, 4) is 28.4 Å². The summed E-state index contributed by atoms with van der Waals surface area (Å²) in [6.45, 7) is 4.07. The molecule has 3 heterocycles. The highest BCUT2D eigenvalue weighted by Crippen LogP contribution is 2.47. The first-order valence-electron chi connectivity index (χ1n) is 12.0. The molecule has 1 atom stereocenters. The van der Waals surface area contributed by atoms with E-state index in [2.05, 4.69) is 17.4 Å². The van der Waals surface area contributed by atoms with Crippen molar-refractivity contribution in [1.29, 1.82) is 0 Å². The number of aromatic hydroxyl groups is 2. The fourth-order valence-electron chi connectivity index (χ4n) is 5.41. The van der Waals surface area contributed by atoms with E-state index >= 15 is 0 Å². The Labute approximate surface area is 212 Å². The van der Waals surface area contributed by atoms with Gasteiger partial charge in [-0.1, -0.05) is 30.3 Å². The molecule has 2 aromatic heterocycles. The zero-order chi connectivity index (χ0) is 26.2. The van der Waals surface area contributed by atoms with E-state index in [1.165, 1.54) is 23.7 Å². The molecule has 3 N–H and O–H groups in total. The lowest BCUT2D eigenvalue weighted by atomic mass is 9.97. The van der Waals surface area contributed by atoms with Gasteiger partial charge in [-0.3, -0.25) is 13.9 Å². The van der Waals surface area contributed by atoms with Crippen LogP contribution in [0.5, 0.6) is 11.5 Å². The van der Waals surface area contributed by atoms with Crippen molar-refractivity contribution in [2.24, 2.45) is 14.1 Å². The Kier molecular flexibility index (Phi) is 4.85. The molecule has 0 unspecified atom stereocenters. The van der Waals surface area contributed by atoms with Gasteiger partial charge in [-0.2, -0.15) is 0 Å². The van der Waals surface area contributed by atoms with E-state index in [1.54, 1.807) is 13.1 Å². The Morgan fingerprint density at radius 1 is 0.865 bits per heavy atom. The highest BCUT2D eigenvalue weighted by molar-refractivity contribution is 5.99. The maximum absolute atomic E-state index is 13.7. The monoisotopic (exact) mass is 494 g/mol. The number of nitrogens with zero attached hydrogens (tertiary/aromatic N) is 3. The lowest BCUT2D eigenvalue weighted by Gasteiger charge is -2.32. The van der Waals surface area contributed by atoms with E-state index in [1.807, 2.05) is 48.7 Å². The summed E-state index contributed by atoms with van der Waals surface area (Å²) >= 11 is 0. The molecule has 37 heavy (non-hydrogen) atoms. The number of phenolic OH excluding ortho intramolecular Hbond substituents is 2. The molecule has 0 bridgehead atoms. The fraction of sp³-hybridized carbons (Fsp3) is 0.172. The molecule has 0 spiro atoms. The van der Waals surface area contributed by atoms with Gasteiger partial charge in [0.2, 0.25) is 0 Å². The lowest BCUT2D eigenvalue weighted by molar-refractivity contribution is 0.444. The summed E-state index contributed by atoms with van der Waals surface area (Å²) in [5.41, 5.74) is 6.16. The van der Waals surface area contributed by atoms with E-state index in [9.17, 15) is 19.8 Å². The Hall–Kier alpha value is -4.72. The van der Waals surface area contributed by atoms with E-state index in [0.717, 1.165) is 32.6 Å². The van der Waals surface area contributed by atoms with Gasteiger partial charge in [0.25, 0.3) is 5.56 Å². The molecule has 0 saturated heterocycles. The second-order valence-corrected chi connectivity index (χ2v) is 9.64. The number of nitrogens with one attached hydrogen (secondary N) is 1. The zero-order valence-electron chi connectivity index (χ0n) is 20.9. The summed E-state index contributed by atoms with van der Waals surface area (Å²) < 4.78 is 4.66. The first kappa shape index (κ1) is 22.7. The van der Waals surface area contributed by atoms with Crippen LogP contribution in [0.4, 0.5) is 5.69 Å². The van der Waals surface area contributed by atoms with Crippen molar-refractivity contribution in [3.05, 3.63) is 104 Å². The molecule has 0 saturated carbocycles. The second-order valence-electron chi connectivity index (χ2n) is 9.64. The van der Waals surface area contributed by atoms with Crippen molar-refractivity contribution >= 4 is 16.6 Å². The molecule has 0 radical (unpaired) electrons. The van der Waals surface area contributed by atoms with Gasteiger partial charge in [0.1, 0.15) is 11.5 Å². The van der Waals surface area contributed by atoms with Gasteiger partial charge in [0, 0.05) is 25.7 Å². The van der Waals surface area contributed by atoms with Crippen molar-refractivity contribution in [3.63, 3.8) is 0 Å². The number of phenols is 2. The van der Waals surface area contributed by atoms with Gasteiger partial charge in [-0.15, -0.1) is 0 Å². The quantitative estimate of drug-likeness (QED) is 0.341. The van der Waals surface area contributed by atoms with Crippen LogP contribution in [0.15, 0.2) is 70.3 Å².